The zero-order chi connectivity index (χ0) is 11.4. The van der Waals surface area contributed by atoms with Gasteiger partial charge in [0.1, 0.15) is 5.56 Å². The van der Waals surface area contributed by atoms with E-state index < -0.39 is 5.91 Å². The van der Waals surface area contributed by atoms with Gasteiger partial charge >= 0.3 is 0 Å². The van der Waals surface area contributed by atoms with Crippen LogP contribution in [0, 0.1) is 0 Å². The number of pyridine rings is 1. The van der Waals surface area contributed by atoms with Gasteiger partial charge in [-0.05, 0) is 6.07 Å². The van der Waals surface area contributed by atoms with Crippen molar-refractivity contribution < 1.29 is 26.6 Å². The third-order valence-corrected chi connectivity index (χ3v) is 1.96. The van der Waals surface area contributed by atoms with Gasteiger partial charge < -0.3 is 23.0 Å². The molecule has 16 heavy (non-hydrogen) atoms. The summed E-state index contributed by atoms with van der Waals surface area (Å²) in [6, 6.07) is 3.29. The van der Waals surface area contributed by atoms with Crippen molar-refractivity contribution in [3.05, 3.63) is 30.1 Å². The number of amides is 2. The molecule has 1 aromatic heterocycles. The molecule has 2 amide bonds. The summed E-state index contributed by atoms with van der Waals surface area (Å²) in [5, 5.41) is 0. The molecule has 0 fully saturated rings. The number of hydrogen-bond donors (Lipinski definition) is 1. The molecule has 0 aromatic carbocycles. The van der Waals surface area contributed by atoms with Gasteiger partial charge in [-0.15, -0.1) is 0 Å². The smallest absolute Gasteiger partial charge is 0.288 e. The van der Waals surface area contributed by atoms with Gasteiger partial charge in [-0.3, -0.25) is 9.59 Å². The van der Waals surface area contributed by atoms with Crippen LogP contribution < -0.4 is 22.7 Å². The summed E-state index contributed by atoms with van der Waals surface area (Å²) < 4.78 is 1.63. The van der Waals surface area contributed by atoms with Crippen LogP contribution in [0.3, 0.4) is 0 Å². The summed E-state index contributed by atoms with van der Waals surface area (Å²) in [6.07, 6.45) is 3.28. The number of carbonyl (C=O) groups is 2. The van der Waals surface area contributed by atoms with E-state index in [4.69, 9.17) is 5.73 Å². The minimum atomic E-state index is -0.498. The molecule has 0 radical (unpaired) electrons. The average molecular weight is 244 g/mol. The van der Waals surface area contributed by atoms with Gasteiger partial charge in [0, 0.05) is 20.2 Å². The molecule has 1 heterocycles. The Morgan fingerprint density at radius 3 is 2.56 bits per heavy atom. The Bertz CT molecular complexity index is 393. The lowest BCUT2D eigenvalue weighted by Crippen LogP contribution is -3.00. The second-order valence-corrected chi connectivity index (χ2v) is 3.42. The highest BCUT2D eigenvalue weighted by molar-refractivity contribution is 5.92. The molecule has 1 rings (SSSR count). The first kappa shape index (κ1) is 14.4. The second kappa shape index (κ2) is 6.07. The van der Waals surface area contributed by atoms with Crippen molar-refractivity contribution in [1.82, 2.24) is 4.90 Å². The zero-order valence-electron chi connectivity index (χ0n) is 9.18. The summed E-state index contributed by atoms with van der Waals surface area (Å²) in [6.45, 7) is 0.202. The normalized spacial score (nSPS) is 9.12. The van der Waals surface area contributed by atoms with E-state index in [1.807, 2.05) is 0 Å². The Labute approximate surface area is 100 Å². The molecule has 0 aliphatic heterocycles. The monoisotopic (exact) mass is 243 g/mol. The fraction of sp³-hybridized carbons (Fsp3) is 0.300. The first-order chi connectivity index (χ1) is 7.00. The largest absolute Gasteiger partial charge is 1.00 e. The van der Waals surface area contributed by atoms with E-state index in [0.29, 0.717) is 5.56 Å². The minimum Gasteiger partial charge on any atom is -1.00 e. The molecule has 0 spiro atoms. The SMILES string of the molecule is CN(C)C(=O)C[n+]1cccc(C(N)=O)c1.[Cl-]. The number of carbonyl (C=O) groups excluding carboxylic acids is 2. The number of nitrogens with zero attached hydrogens (tertiary/aromatic N) is 2. The first-order valence-electron chi connectivity index (χ1n) is 4.50. The molecule has 0 saturated carbocycles. The van der Waals surface area contributed by atoms with Crippen LogP contribution >= 0.6 is 0 Å². The minimum absolute atomic E-state index is 0. The summed E-state index contributed by atoms with van der Waals surface area (Å²) in [5.41, 5.74) is 5.52. The molecular formula is C10H14ClN3O2. The summed E-state index contributed by atoms with van der Waals surface area (Å²) in [7, 11) is 3.36. The van der Waals surface area contributed by atoms with Crippen LogP contribution in [0.1, 0.15) is 10.4 Å². The molecule has 0 aliphatic carbocycles. The predicted octanol–water partition coefficient (Wildman–Crippen LogP) is -3.83. The van der Waals surface area contributed by atoms with Gasteiger partial charge in [0.05, 0.1) is 0 Å². The van der Waals surface area contributed by atoms with Crippen LogP contribution in [0.4, 0.5) is 0 Å². The third kappa shape index (κ3) is 3.86. The Balaban J connectivity index is 0.00000225. The fourth-order valence-electron chi connectivity index (χ4n) is 1.06. The highest BCUT2D eigenvalue weighted by Crippen LogP contribution is 1.92. The lowest BCUT2D eigenvalue weighted by molar-refractivity contribution is -0.685. The molecule has 6 heteroatoms. The number of halogens is 1. The van der Waals surface area contributed by atoms with Crippen LogP contribution in [0.15, 0.2) is 24.5 Å². The average Bonchev–Trinajstić information content (AvgIpc) is 2.18. The Kier molecular flexibility index (Phi) is 5.46. The van der Waals surface area contributed by atoms with Crippen molar-refractivity contribution in [2.45, 2.75) is 6.54 Å². The molecular weight excluding hydrogens is 230 g/mol. The highest BCUT2D eigenvalue weighted by atomic mass is 35.5. The van der Waals surface area contributed by atoms with Crippen LogP contribution in [0.25, 0.3) is 0 Å². The maximum atomic E-state index is 11.4. The van der Waals surface area contributed by atoms with E-state index in [1.165, 1.54) is 4.90 Å². The molecule has 0 saturated heterocycles. The van der Waals surface area contributed by atoms with Gasteiger partial charge in [0.25, 0.3) is 11.8 Å². The lowest BCUT2D eigenvalue weighted by atomic mass is 10.3. The molecule has 0 aliphatic rings. The van der Waals surface area contributed by atoms with Crippen molar-refractivity contribution in [2.75, 3.05) is 14.1 Å². The molecule has 88 valence electrons. The summed E-state index contributed by atoms with van der Waals surface area (Å²) >= 11 is 0. The quantitative estimate of drug-likeness (QED) is 0.553. The maximum Gasteiger partial charge on any atom is 0.288 e. The van der Waals surface area contributed by atoms with Crippen molar-refractivity contribution in [2.24, 2.45) is 5.73 Å². The van der Waals surface area contributed by atoms with E-state index >= 15 is 0 Å². The van der Waals surface area contributed by atoms with Gasteiger partial charge in [-0.1, -0.05) is 0 Å². The standard InChI is InChI=1S/C10H13N3O2.ClH/c1-12(2)9(14)7-13-5-3-4-8(6-13)10(11)15;/h3-6H,7H2,1-2H3,(H-,11,15);1H. The van der Waals surface area contributed by atoms with Crippen LogP contribution in [0.2, 0.25) is 0 Å². The van der Waals surface area contributed by atoms with E-state index in [-0.39, 0.29) is 24.9 Å². The number of nitrogens with two attached hydrogens (primary N) is 1. The van der Waals surface area contributed by atoms with Gasteiger partial charge in [0.2, 0.25) is 6.54 Å². The predicted molar refractivity (Wildman–Crippen MR) is 53.8 cm³/mol. The molecule has 0 atom stereocenters. The third-order valence-electron chi connectivity index (χ3n) is 1.96. The molecule has 0 bridgehead atoms. The number of rotatable bonds is 3. The molecule has 0 unspecified atom stereocenters. The van der Waals surface area contributed by atoms with Crippen LogP contribution in [-0.2, 0) is 11.3 Å². The second-order valence-electron chi connectivity index (χ2n) is 3.42. The van der Waals surface area contributed by atoms with E-state index in [9.17, 15) is 9.59 Å². The maximum absolute atomic E-state index is 11.4. The Morgan fingerprint density at radius 1 is 1.44 bits per heavy atom. The Hall–Kier alpha value is -1.62. The molecule has 1 aromatic rings. The highest BCUT2D eigenvalue weighted by Gasteiger charge is 2.12. The van der Waals surface area contributed by atoms with E-state index in [0.717, 1.165) is 0 Å². The van der Waals surface area contributed by atoms with Crippen molar-refractivity contribution in [3.63, 3.8) is 0 Å². The molecule has 5 nitrogen and oxygen atoms in total. The van der Waals surface area contributed by atoms with Crippen molar-refractivity contribution in [3.8, 4) is 0 Å². The first-order valence-corrected chi connectivity index (χ1v) is 4.50. The van der Waals surface area contributed by atoms with E-state index in [2.05, 4.69) is 0 Å². The molecule has 2 N–H and O–H groups in total. The van der Waals surface area contributed by atoms with Crippen LogP contribution in [0.5, 0.6) is 0 Å². The Morgan fingerprint density at radius 2 is 2.06 bits per heavy atom. The number of primary amides is 1. The van der Waals surface area contributed by atoms with Crippen molar-refractivity contribution >= 4 is 11.8 Å². The topological polar surface area (TPSA) is 67.3 Å². The fourth-order valence-corrected chi connectivity index (χ4v) is 1.06. The number of likely N-dealkylation sites (N-methyl/N-ethyl adjacent to an activating group) is 1. The van der Waals surface area contributed by atoms with Crippen molar-refractivity contribution in [1.29, 1.82) is 0 Å². The summed E-state index contributed by atoms with van der Waals surface area (Å²) in [5.74, 6) is -0.539. The van der Waals surface area contributed by atoms with Gasteiger partial charge in [-0.25, -0.2) is 0 Å². The number of hydrogen-bond acceptors (Lipinski definition) is 2. The zero-order valence-corrected chi connectivity index (χ0v) is 9.94. The van der Waals surface area contributed by atoms with Crippen LogP contribution in [-0.4, -0.2) is 30.8 Å². The summed E-state index contributed by atoms with van der Waals surface area (Å²) in [4.78, 5) is 23.8. The van der Waals surface area contributed by atoms with Gasteiger partial charge in [-0.2, -0.15) is 4.57 Å². The van der Waals surface area contributed by atoms with E-state index in [1.54, 1.807) is 43.2 Å². The lowest BCUT2D eigenvalue weighted by Gasteiger charge is -2.06. The van der Waals surface area contributed by atoms with Gasteiger partial charge in [0.15, 0.2) is 12.4 Å². The number of aromatic nitrogens is 1.